The molecule has 172 valence electrons. The lowest BCUT2D eigenvalue weighted by Gasteiger charge is -2.18. The zero-order valence-corrected chi connectivity index (χ0v) is 18.4. The van der Waals surface area contributed by atoms with Gasteiger partial charge in [0.1, 0.15) is 12.8 Å². The molecule has 0 bridgehead atoms. The molecule has 32 heavy (non-hydrogen) atoms. The van der Waals surface area contributed by atoms with E-state index in [1.165, 1.54) is 13.3 Å². The van der Waals surface area contributed by atoms with Crippen LogP contribution < -0.4 is 10.9 Å². The first-order valence-corrected chi connectivity index (χ1v) is 10.6. The number of ether oxygens (including phenoxy) is 3. The average molecular weight is 444 g/mol. The van der Waals surface area contributed by atoms with Gasteiger partial charge < -0.3 is 14.2 Å². The number of aromatic amines is 1. The van der Waals surface area contributed by atoms with Gasteiger partial charge in [-0.3, -0.25) is 24.5 Å². The van der Waals surface area contributed by atoms with Crippen molar-refractivity contribution < 1.29 is 19.0 Å². The molecule has 1 amide bonds. The summed E-state index contributed by atoms with van der Waals surface area (Å²) in [5.41, 5.74) is 1.12. The number of H-pyrrole nitrogens is 1. The number of imidazole rings is 1. The smallest absolute Gasteiger partial charge is 0.280 e. The molecule has 0 radical (unpaired) electrons. The molecular weight excluding hydrogens is 414 g/mol. The molecule has 1 aromatic carbocycles. The van der Waals surface area contributed by atoms with Gasteiger partial charge in [-0.25, -0.2) is 4.98 Å². The number of fused-ring (bicyclic) bond motifs is 1. The molecule has 0 aliphatic heterocycles. The zero-order valence-electron chi connectivity index (χ0n) is 18.4. The molecule has 0 fully saturated rings. The number of unbranched alkanes of at least 4 members (excludes halogenated alkanes) is 1. The van der Waals surface area contributed by atoms with Crippen LogP contribution in [-0.4, -0.2) is 51.4 Å². The molecule has 2 aromatic heterocycles. The molecule has 10 heteroatoms. The van der Waals surface area contributed by atoms with Crippen LogP contribution in [0.1, 0.15) is 32.3 Å². The van der Waals surface area contributed by atoms with E-state index >= 15 is 0 Å². The summed E-state index contributed by atoms with van der Waals surface area (Å²) in [6.07, 6.45) is 3.27. The third-order valence-corrected chi connectivity index (χ3v) is 4.58. The number of benzene rings is 1. The molecule has 1 unspecified atom stereocenters. The summed E-state index contributed by atoms with van der Waals surface area (Å²) in [6.45, 7) is 5.41. The Labute approximate surface area is 185 Å². The Balaban J connectivity index is 1.60. The molecule has 10 nitrogen and oxygen atoms in total. The van der Waals surface area contributed by atoms with Crippen LogP contribution in [0.4, 0.5) is 5.95 Å². The quantitative estimate of drug-likeness (QED) is 0.389. The standard InChI is InChI=1S/C22H29N5O5/c1-3-4-10-30-12-18(32-11-17-8-6-5-7-9-17)13-31-15-27-14-23-19-20(27)25-22(24-16(2)28)26-21(19)29/h5-9,14,18H,3-4,10-13,15H2,1-2H3,(H2,24,25,26,28,29). The third kappa shape index (κ3) is 6.98. The number of carbonyl (C=O) groups excluding carboxylic acids is 1. The third-order valence-electron chi connectivity index (χ3n) is 4.58. The van der Waals surface area contributed by atoms with Crippen molar-refractivity contribution in [1.82, 2.24) is 19.5 Å². The van der Waals surface area contributed by atoms with Crippen molar-refractivity contribution in [2.75, 3.05) is 25.1 Å². The Bertz CT molecular complexity index is 1050. The Morgan fingerprint density at radius 3 is 2.75 bits per heavy atom. The molecule has 1 atom stereocenters. The minimum Gasteiger partial charge on any atom is -0.379 e. The van der Waals surface area contributed by atoms with Crippen molar-refractivity contribution in [2.45, 2.75) is 46.1 Å². The van der Waals surface area contributed by atoms with Gasteiger partial charge in [0.05, 0.1) is 26.1 Å². The normalized spacial score (nSPS) is 12.2. The number of nitrogens with zero attached hydrogens (tertiary/aromatic N) is 3. The number of carbonyl (C=O) groups is 1. The summed E-state index contributed by atoms with van der Waals surface area (Å²) in [4.78, 5) is 34.3. The van der Waals surface area contributed by atoms with Gasteiger partial charge >= 0.3 is 0 Å². The monoisotopic (exact) mass is 443 g/mol. The highest BCUT2D eigenvalue weighted by Crippen LogP contribution is 2.10. The number of aromatic nitrogens is 4. The maximum atomic E-state index is 12.2. The number of hydrogen-bond donors (Lipinski definition) is 2. The maximum absolute atomic E-state index is 12.2. The number of rotatable bonds is 13. The van der Waals surface area contributed by atoms with Gasteiger partial charge in [-0.1, -0.05) is 43.7 Å². The molecular formula is C22H29N5O5. The minimum atomic E-state index is -0.439. The topological polar surface area (TPSA) is 120 Å². The number of anilines is 1. The molecule has 3 aromatic rings. The van der Waals surface area contributed by atoms with E-state index in [1.807, 2.05) is 30.3 Å². The summed E-state index contributed by atoms with van der Waals surface area (Å²) < 4.78 is 19.2. The van der Waals surface area contributed by atoms with Crippen LogP contribution in [0.3, 0.4) is 0 Å². The Morgan fingerprint density at radius 1 is 1.22 bits per heavy atom. The van der Waals surface area contributed by atoms with E-state index in [4.69, 9.17) is 14.2 Å². The zero-order chi connectivity index (χ0) is 22.8. The van der Waals surface area contributed by atoms with Crippen molar-refractivity contribution in [1.29, 1.82) is 0 Å². The molecule has 3 rings (SSSR count). The van der Waals surface area contributed by atoms with Crippen LogP contribution in [0.5, 0.6) is 0 Å². The Kier molecular flexibility index (Phi) is 8.90. The Hall–Kier alpha value is -3.08. The van der Waals surface area contributed by atoms with Crippen LogP contribution in [-0.2, 0) is 32.3 Å². The Morgan fingerprint density at radius 2 is 2.00 bits per heavy atom. The van der Waals surface area contributed by atoms with E-state index < -0.39 is 5.56 Å². The second-order valence-electron chi connectivity index (χ2n) is 7.33. The SMILES string of the molecule is CCCCOCC(COCn1cnc2c(=O)[nH]c(NC(C)=O)nc21)OCc1ccccc1. The van der Waals surface area contributed by atoms with Crippen molar-refractivity contribution in [3.8, 4) is 0 Å². The van der Waals surface area contributed by atoms with E-state index in [-0.39, 0.29) is 30.2 Å². The van der Waals surface area contributed by atoms with Gasteiger partial charge in [0.25, 0.3) is 5.56 Å². The van der Waals surface area contributed by atoms with Crippen LogP contribution in [0, 0.1) is 0 Å². The molecule has 0 aliphatic rings. The number of hydrogen-bond acceptors (Lipinski definition) is 7. The van der Waals surface area contributed by atoms with Crippen molar-refractivity contribution in [3.05, 3.63) is 52.6 Å². The van der Waals surface area contributed by atoms with Gasteiger partial charge in [-0.05, 0) is 12.0 Å². The maximum Gasteiger partial charge on any atom is 0.280 e. The summed E-state index contributed by atoms with van der Waals surface area (Å²) in [7, 11) is 0. The number of nitrogens with one attached hydrogen (secondary N) is 2. The van der Waals surface area contributed by atoms with Crippen molar-refractivity contribution in [3.63, 3.8) is 0 Å². The summed E-state index contributed by atoms with van der Waals surface area (Å²) in [5, 5.41) is 2.47. The summed E-state index contributed by atoms with van der Waals surface area (Å²) in [5.74, 6) is -0.276. The summed E-state index contributed by atoms with van der Waals surface area (Å²) in [6, 6.07) is 9.91. The first-order valence-electron chi connectivity index (χ1n) is 10.6. The molecule has 0 aliphatic carbocycles. The van der Waals surface area contributed by atoms with E-state index in [1.54, 1.807) is 4.57 Å². The molecule has 2 N–H and O–H groups in total. The minimum absolute atomic E-state index is 0.0603. The second kappa shape index (κ2) is 12.1. The lowest BCUT2D eigenvalue weighted by molar-refractivity contribution is -0.114. The van der Waals surface area contributed by atoms with E-state index in [0.717, 1.165) is 18.4 Å². The molecule has 0 saturated carbocycles. The van der Waals surface area contributed by atoms with Crippen LogP contribution in [0.25, 0.3) is 11.2 Å². The van der Waals surface area contributed by atoms with Gasteiger partial charge in [-0.2, -0.15) is 4.98 Å². The summed E-state index contributed by atoms with van der Waals surface area (Å²) >= 11 is 0. The van der Waals surface area contributed by atoms with E-state index in [0.29, 0.717) is 32.1 Å². The van der Waals surface area contributed by atoms with Crippen LogP contribution >= 0.6 is 0 Å². The highest BCUT2D eigenvalue weighted by atomic mass is 16.6. The second-order valence-corrected chi connectivity index (χ2v) is 7.33. The van der Waals surface area contributed by atoms with Crippen molar-refractivity contribution in [2.24, 2.45) is 0 Å². The van der Waals surface area contributed by atoms with Gasteiger partial charge in [0.2, 0.25) is 11.9 Å². The molecule has 2 heterocycles. The van der Waals surface area contributed by atoms with E-state index in [2.05, 4.69) is 27.2 Å². The lowest BCUT2D eigenvalue weighted by atomic mass is 10.2. The molecule has 0 spiro atoms. The van der Waals surface area contributed by atoms with Crippen LogP contribution in [0.2, 0.25) is 0 Å². The first kappa shape index (κ1) is 23.6. The largest absolute Gasteiger partial charge is 0.379 e. The number of amides is 1. The van der Waals surface area contributed by atoms with E-state index in [9.17, 15) is 9.59 Å². The van der Waals surface area contributed by atoms with Crippen molar-refractivity contribution >= 4 is 23.0 Å². The predicted molar refractivity (Wildman–Crippen MR) is 119 cm³/mol. The predicted octanol–water partition coefficient (Wildman–Crippen LogP) is 2.45. The van der Waals surface area contributed by atoms with Crippen LogP contribution in [0.15, 0.2) is 41.5 Å². The van der Waals surface area contributed by atoms with Gasteiger partial charge in [-0.15, -0.1) is 0 Å². The highest BCUT2D eigenvalue weighted by molar-refractivity contribution is 5.87. The highest BCUT2D eigenvalue weighted by Gasteiger charge is 2.14. The molecule has 0 saturated heterocycles. The fourth-order valence-electron chi connectivity index (χ4n) is 2.95. The first-order chi connectivity index (χ1) is 15.6. The van der Waals surface area contributed by atoms with Gasteiger partial charge in [0.15, 0.2) is 11.2 Å². The van der Waals surface area contributed by atoms with Gasteiger partial charge in [0, 0.05) is 13.5 Å². The fourth-order valence-corrected chi connectivity index (χ4v) is 2.95. The fraction of sp³-hybridized carbons (Fsp3) is 0.455. The lowest BCUT2D eigenvalue weighted by Crippen LogP contribution is -2.26. The average Bonchev–Trinajstić information content (AvgIpc) is 3.18.